The second kappa shape index (κ2) is 9.21. The summed E-state index contributed by atoms with van der Waals surface area (Å²) in [4.78, 5) is 25.6. The van der Waals surface area contributed by atoms with Gasteiger partial charge in [0.25, 0.3) is 5.91 Å². The van der Waals surface area contributed by atoms with Gasteiger partial charge in [-0.15, -0.1) is 23.1 Å². The van der Waals surface area contributed by atoms with Gasteiger partial charge in [0.2, 0.25) is 0 Å². The molecular weight excluding hydrogens is 397 g/mol. The Morgan fingerprint density at radius 1 is 1.14 bits per heavy atom. The fourth-order valence-corrected chi connectivity index (χ4v) is 4.57. The van der Waals surface area contributed by atoms with Crippen molar-refractivity contribution < 1.29 is 18.7 Å². The Labute approximate surface area is 171 Å². The highest BCUT2D eigenvalue weighted by atomic mass is 32.2. The molecule has 0 aliphatic rings. The zero-order valence-corrected chi connectivity index (χ0v) is 17.2. The molecule has 1 aromatic heterocycles. The van der Waals surface area contributed by atoms with Crippen molar-refractivity contribution in [1.29, 1.82) is 0 Å². The topological polar surface area (TPSA) is 55.4 Å². The van der Waals surface area contributed by atoms with Crippen molar-refractivity contribution in [3.8, 4) is 0 Å². The number of aryl methyl sites for hydroxylation is 2. The number of amides is 1. The molecule has 0 aliphatic carbocycles. The highest BCUT2D eigenvalue weighted by Crippen LogP contribution is 2.32. The molecule has 2 aromatic carbocycles. The number of carbonyl (C=O) groups excluding carboxylic acids is 2. The minimum absolute atomic E-state index is 0.322. The maximum absolute atomic E-state index is 13.9. The third kappa shape index (κ3) is 4.91. The lowest BCUT2D eigenvalue weighted by Gasteiger charge is -2.06. The number of nitrogens with one attached hydrogen (secondary N) is 1. The Morgan fingerprint density at radius 3 is 2.61 bits per heavy atom. The van der Waals surface area contributed by atoms with Gasteiger partial charge in [-0.2, -0.15) is 0 Å². The van der Waals surface area contributed by atoms with E-state index in [0.29, 0.717) is 27.1 Å². The van der Waals surface area contributed by atoms with Crippen molar-refractivity contribution in [2.45, 2.75) is 18.7 Å². The van der Waals surface area contributed by atoms with Gasteiger partial charge in [0.05, 0.1) is 0 Å². The van der Waals surface area contributed by atoms with Crippen LogP contribution in [0.25, 0.3) is 10.1 Å². The van der Waals surface area contributed by atoms with E-state index in [4.69, 9.17) is 4.74 Å². The summed E-state index contributed by atoms with van der Waals surface area (Å²) < 4.78 is 19.7. The number of esters is 1. The van der Waals surface area contributed by atoms with E-state index in [1.807, 2.05) is 31.2 Å². The molecule has 3 rings (SSSR count). The molecular formula is C21H20FNO3S2. The lowest BCUT2D eigenvalue weighted by Crippen LogP contribution is -2.30. The van der Waals surface area contributed by atoms with Crippen molar-refractivity contribution in [3.63, 3.8) is 0 Å². The number of rotatable bonds is 7. The number of thioether (sulfide) groups is 1. The summed E-state index contributed by atoms with van der Waals surface area (Å²) in [7, 11) is 0. The van der Waals surface area contributed by atoms with Crippen LogP contribution in [0.2, 0.25) is 0 Å². The molecule has 0 radical (unpaired) electrons. The largest absolute Gasteiger partial charge is 0.451 e. The van der Waals surface area contributed by atoms with Gasteiger partial charge in [-0.05, 0) is 43.7 Å². The van der Waals surface area contributed by atoms with Crippen LogP contribution >= 0.6 is 23.1 Å². The molecule has 0 fully saturated rings. The summed E-state index contributed by atoms with van der Waals surface area (Å²) in [5.74, 6) is -0.614. The van der Waals surface area contributed by atoms with E-state index >= 15 is 0 Å². The maximum Gasteiger partial charge on any atom is 0.349 e. The number of hydrogen-bond acceptors (Lipinski definition) is 5. The molecule has 0 aliphatic heterocycles. The van der Waals surface area contributed by atoms with Gasteiger partial charge in [-0.3, -0.25) is 4.79 Å². The van der Waals surface area contributed by atoms with Gasteiger partial charge in [0, 0.05) is 27.3 Å². The number of ether oxygens (including phenoxy) is 1. The third-order valence-electron chi connectivity index (χ3n) is 4.14. The number of benzene rings is 2. The molecule has 1 N–H and O–H groups in total. The van der Waals surface area contributed by atoms with Crippen molar-refractivity contribution in [1.82, 2.24) is 5.32 Å². The Balaban J connectivity index is 1.45. The number of fused-ring (bicyclic) bond motifs is 1. The van der Waals surface area contributed by atoms with Crippen molar-refractivity contribution in [2.24, 2.45) is 0 Å². The Morgan fingerprint density at radius 2 is 1.89 bits per heavy atom. The van der Waals surface area contributed by atoms with Gasteiger partial charge in [-0.25, -0.2) is 9.18 Å². The number of thiophene rings is 1. The van der Waals surface area contributed by atoms with E-state index in [0.717, 1.165) is 10.6 Å². The van der Waals surface area contributed by atoms with Gasteiger partial charge in [0.15, 0.2) is 6.61 Å². The second-order valence-corrected chi connectivity index (χ2v) is 8.48. The fraction of sp³-hybridized carbons (Fsp3) is 0.238. The molecule has 0 saturated heterocycles. The molecule has 1 amide bonds. The van der Waals surface area contributed by atoms with Crippen LogP contribution in [0.4, 0.5) is 4.39 Å². The first-order chi connectivity index (χ1) is 13.5. The van der Waals surface area contributed by atoms with Crippen LogP contribution in [0.3, 0.4) is 0 Å². The van der Waals surface area contributed by atoms with Gasteiger partial charge in [0.1, 0.15) is 10.7 Å². The number of carbonyl (C=O) groups is 2. The normalized spacial score (nSPS) is 10.8. The van der Waals surface area contributed by atoms with Crippen LogP contribution in [-0.2, 0) is 9.53 Å². The summed E-state index contributed by atoms with van der Waals surface area (Å²) in [6, 6.07) is 12.9. The summed E-state index contributed by atoms with van der Waals surface area (Å²) in [6.45, 7) is 3.83. The maximum atomic E-state index is 13.9. The average Bonchev–Trinajstić information content (AvgIpc) is 3.03. The zero-order chi connectivity index (χ0) is 20.1. The average molecular weight is 418 g/mol. The third-order valence-corrected chi connectivity index (χ3v) is 6.39. The number of hydrogen-bond donors (Lipinski definition) is 1. The van der Waals surface area contributed by atoms with Gasteiger partial charge in [-0.1, -0.05) is 23.8 Å². The fourth-order valence-electron chi connectivity index (χ4n) is 2.69. The highest BCUT2D eigenvalue weighted by Gasteiger charge is 2.19. The van der Waals surface area contributed by atoms with Crippen LogP contribution in [-0.4, -0.2) is 30.8 Å². The molecule has 0 spiro atoms. The Hall–Kier alpha value is -2.38. The van der Waals surface area contributed by atoms with E-state index in [1.165, 1.54) is 23.0 Å². The standard InChI is InChI=1S/C21H20FNO3S2/c1-13-6-8-15(9-7-13)27-11-10-23-18(24)12-26-21(25)20-14(2)19-16(22)4-3-5-17(19)28-20/h3-9H,10-12H2,1-2H3,(H,23,24). The minimum atomic E-state index is -0.609. The SMILES string of the molecule is Cc1ccc(SCCNC(=O)COC(=O)c2sc3cccc(F)c3c2C)cc1. The van der Waals surface area contributed by atoms with Crippen LogP contribution in [0.15, 0.2) is 47.4 Å². The van der Waals surface area contributed by atoms with Crippen molar-refractivity contribution in [2.75, 3.05) is 18.9 Å². The van der Waals surface area contributed by atoms with E-state index in [9.17, 15) is 14.0 Å². The lowest BCUT2D eigenvalue weighted by atomic mass is 10.1. The van der Waals surface area contributed by atoms with E-state index in [2.05, 4.69) is 5.32 Å². The zero-order valence-electron chi connectivity index (χ0n) is 15.6. The van der Waals surface area contributed by atoms with E-state index < -0.39 is 5.97 Å². The predicted molar refractivity (Wildman–Crippen MR) is 112 cm³/mol. The summed E-state index contributed by atoms with van der Waals surface area (Å²) in [5, 5.41) is 3.16. The summed E-state index contributed by atoms with van der Waals surface area (Å²) in [6.07, 6.45) is 0. The minimum Gasteiger partial charge on any atom is -0.451 e. The molecule has 7 heteroatoms. The van der Waals surface area contributed by atoms with E-state index in [1.54, 1.807) is 30.8 Å². The lowest BCUT2D eigenvalue weighted by molar-refractivity contribution is -0.124. The summed E-state index contributed by atoms with van der Waals surface area (Å²) in [5.41, 5.74) is 1.74. The van der Waals surface area contributed by atoms with Crippen LogP contribution in [0.5, 0.6) is 0 Å². The molecule has 1 heterocycles. The quantitative estimate of drug-likeness (QED) is 0.343. The van der Waals surface area contributed by atoms with Crippen LogP contribution < -0.4 is 5.32 Å². The van der Waals surface area contributed by atoms with Gasteiger partial charge < -0.3 is 10.1 Å². The van der Waals surface area contributed by atoms with Crippen molar-refractivity contribution in [3.05, 3.63) is 64.3 Å². The second-order valence-electron chi connectivity index (χ2n) is 6.26. The Kier molecular flexibility index (Phi) is 6.70. The first kappa shape index (κ1) is 20.4. The molecule has 0 saturated carbocycles. The van der Waals surface area contributed by atoms with Gasteiger partial charge >= 0.3 is 5.97 Å². The highest BCUT2D eigenvalue weighted by molar-refractivity contribution is 7.99. The molecule has 0 bridgehead atoms. The molecule has 0 unspecified atom stereocenters. The smallest absolute Gasteiger partial charge is 0.349 e. The monoisotopic (exact) mass is 417 g/mol. The molecule has 0 atom stereocenters. The first-order valence-electron chi connectivity index (χ1n) is 8.76. The van der Waals surface area contributed by atoms with E-state index in [-0.39, 0.29) is 18.3 Å². The predicted octanol–water partition coefficient (Wildman–Crippen LogP) is 4.72. The van der Waals surface area contributed by atoms with Crippen LogP contribution in [0, 0.1) is 19.7 Å². The molecule has 146 valence electrons. The first-order valence-corrected chi connectivity index (χ1v) is 10.6. The molecule has 4 nitrogen and oxygen atoms in total. The molecule has 28 heavy (non-hydrogen) atoms. The molecule has 3 aromatic rings. The number of halogens is 1. The summed E-state index contributed by atoms with van der Waals surface area (Å²) >= 11 is 2.81. The Bertz CT molecular complexity index is 999. The van der Waals surface area contributed by atoms with Crippen LogP contribution in [0.1, 0.15) is 20.8 Å². The van der Waals surface area contributed by atoms with Crippen molar-refractivity contribution >= 4 is 45.1 Å².